The van der Waals surface area contributed by atoms with Crippen molar-refractivity contribution in [3.8, 4) is 5.69 Å². The summed E-state index contributed by atoms with van der Waals surface area (Å²) in [6, 6.07) is 14.6. The molecular formula is C23H24ClN3O2S. The van der Waals surface area contributed by atoms with Gasteiger partial charge >= 0.3 is 0 Å². The van der Waals surface area contributed by atoms with Crippen LogP contribution in [0, 0.1) is 0 Å². The second-order valence-corrected chi connectivity index (χ2v) is 9.38. The summed E-state index contributed by atoms with van der Waals surface area (Å²) in [5.41, 5.74) is 1.07. The molecule has 0 bridgehead atoms. The van der Waals surface area contributed by atoms with E-state index in [0.717, 1.165) is 25.7 Å². The molecule has 2 aromatic carbocycles. The number of fused-ring (bicyclic) bond motifs is 1. The van der Waals surface area contributed by atoms with Crippen LogP contribution in [-0.4, -0.2) is 26.8 Å². The van der Waals surface area contributed by atoms with Crippen LogP contribution >= 0.6 is 23.4 Å². The summed E-state index contributed by atoms with van der Waals surface area (Å²) in [6.07, 6.45) is 5.62. The molecule has 4 rings (SSSR count). The first-order valence-corrected chi connectivity index (χ1v) is 11.5. The fourth-order valence-electron chi connectivity index (χ4n) is 3.81. The second-order valence-electron chi connectivity index (χ2n) is 7.64. The number of thioether (sulfide) groups is 1. The van der Waals surface area contributed by atoms with Gasteiger partial charge < -0.3 is 5.32 Å². The van der Waals surface area contributed by atoms with Crippen LogP contribution in [-0.2, 0) is 4.79 Å². The minimum atomic E-state index is -0.384. The molecule has 1 unspecified atom stereocenters. The summed E-state index contributed by atoms with van der Waals surface area (Å²) in [7, 11) is 0. The molecule has 0 aliphatic heterocycles. The van der Waals surface area contributed by atoms with E-state index in [1.165, 1.54) is 18.2 Å². The Bertz CT molecular complexity index is 1120. The zero-order valence-electron chi connectivity index (χ0n) is 16.8. The number of para-hydroxylation sites is 1. The molecule has 30 heavy (non-hydrogen) atoms. The predicted octanol–water partition coefficient (Wildman–Crippen LogP) is 4.97. The number of amides is 1. The number of carbonyl (C=O) groups excluding carboxylic acids is 1. The van der Waals surface area contributed by atoms with Gasteiger partial charge in [0.2, 0.25) is 5.91 Å². The number of rotatable bonds is 5. The molecule has 1 aliphatic rings. The van der Waals surface area contributed by atoms with Gasteiger partial charge in [0.25, 0.3) is 5.56 Å². The smallest absolute Gasteiger partial charge is 0.266 e. The van der Waals surface area contributed by atoms with Gasteiger partial charge in [0, 0.05) is 11.1 Å². The third kappa shape index (κ3) is 4.55. The lowest BCUT2D eigenvalue weighted by molar-refractivity contribution is -0.121. The molecule has 0 spiro atoms. The van der Waals surface area contributed by atoms with Crippen LogP contribution in [0.2, 0.25) is 5.02 Å². The van der Waals surface area contributed by atoms with Crippen molar-refractivity contribution in [2.75, 3.05) is 0 Å². The van der Waals surface area contributed by atoms with E-state index >= 15 is 0 Å². The van der Waals surface area contributed by atoms with Crippen molar-refractivity contribution in [1.29, 1.82) is 0 Å². The van der Waals surface area contributed by atoms with Crippen molar-refractivity contribution in [3.05, 3.63) is 63.9 Å². The number of hydrogen-bond donors (Lipinski definition) is 1. The predicted molar refractivity (Wildman–Crippen MR) is 123 cm³/mol. The molecular weight excluding hydrogens is 418 g/mol. The maximum atomic E-state index is 13.3. The van der Waals surface area contributed by atoms with Crippen molar-refractivity contribution in [3.63, 3.8) is 0 Å². The molecule has 1 atom stereocenters. The van der Waals surface area contributed by atoms with Gasteiger partial charge in [0.15, 0.2) is 5.16 Å². The molecule has 1 aliphatic carbocycles. The van der Waals surface area contributed by atoms with Gasteiger partial charge in [0.05, 0.1) is 21.8 Å². The molecule has 3 aromatic rings. The highest BCUT2D eigenvalue weighted by Crippen LogP contribution is 2.27. The molecule has 0 saturated heterocycles. The first-order chi connectivity index (χ1) is 14.5. The summed E-state index contributed by atoms with van der Waals surface area (Å²) in [6.45, 7) is 1.85. The van der Waals surface area contributed by atoms with Crippen LogP contribution in [0.4, 0.5) is 0 Å². The summed E-state index contributed by atoms with van der Waals surface area (Å²) < 4.78 is 1.54. The number of nitrogens with one attached hydrogen (secondary N) is 1. The molecule has 0 radical (unpaired) electrons. The van der Waals surface area contributed by atoms with Gasteiger partial charge in [-0.25, -0.2) is 4.98 Å². The fraction of sp³-hybridized carbons (Fsp3) is 0.348. The van der Waals surface area contributed by atoms with Crippen LogP contribution in [0.5, 0.6) is 0 Å². The lowest BCUT2D eigenvalue weighted by Gasteiger charge is -2.24. The monoisotopic (exact) mass is 441 g/mol. The first-order valence-electron chi connectivity index (χ1n) is 10.3. The Morgan fingerprint density at radius 1 is 1.17 bits per heavy atom. The zero-order valence-corrected chi connectivity index (χ0v) is 18.4. The average molecular weight is 442 g/mol. The van der Waals surface area contributed by atoms with Crippen molar-refractivity contribution in [2.24, 2.45) is 0 Å². The van der Waals surface area contributed by atoms with Crippen LogP contribution in [0.1, 0.15) is 39.0 Å². The lowest BCUT2D eigenvalue weighted by Crippen LogP contribution is -2.40. The number of halogens is 1. The summed E-state index contributed by atoms with van der Waals surface area (Å²) in [4.78, 5) is 30.8. The van der Waals surface area contributed by atoms with Gasteiger partial charge in [-0.2, -0.15) is 0 Å². The van der Waals surface area contributed by atoms with Crippen LogP contribution in [0.3, 0.4) is 0 Å². The van der Waals surface area contributed by atoms with Crippen LogP contribution in [0.15, 0.2) is 58.5 Å². The molecule has 5 nitrogen and oxygen atoms in total. The van der Waals surface area contributed by atoms with Gasteiger partial charge in [0.1, 0.15) is 0 Å². The van der Waals surface area contributed by atoms with Crippen molar-refractivity contribution < 1.29 is 4.79 Å². The molecule has 1 saturated carbocycles. The normalized spacial score (nSPS) is 15.8. The number of aromatic nitrogens is 2. The van der Waals surface area contributed by atoms with Gasteiger partial charge in [-0.3, -0.25) is 14.2 Å². The zero-order chi connectivity index (χ0) is 21.1. The topological polar surface area (TPSA) is 64.0 Å². The maximum Gasteiger partial charge on any atom is 0.266 e. The highest BCUT2D eigenvalue weighted by atomic mass is 35.5. The van der Waals surface area contributed by atoms with E-state index in [-0.39, 0.29) is 22.8 Å². The number of benzene rings is 2. The summed E-state index contributed by atoms with van der Waals surface area (Å²) in [5.74, 6) is -0.0213. The Hall–Kier alpha value is -2.31. The largest absolute Gasteiger partial charge is 0.352 e. The average Bonchev–Trinajstić information content (AvgIpc) is 2.74. The molecule has 1 heterocycles. The van der Waals surface area contributed by atoms with E-state index in [0.29, 0.717) is 26.8 Å². The van der Waals surface area contributed by atoms with Crippen LogP contribution in [0.25, 0.3) is 16.6 Å². The lowest BCUT2D eigenvalue weighted by atomic mass is 9.95. The molecule has 1 amide bonds. The van der Waals surface area contributed by atoms with Crippen molar-refractivity contribution in [2.45, 2.75) is 55.5 Å². The van der Waals surface area contributed by atoms with E-state index in [1.54, 1.807) is 28.8 Å². The van der Waals surface area contributed by atoms with Gasteiger partial charge in [-0.1, -0.05) is 60.8 Å². The van der Waals surface area contributed by atoms with Gasteiger partial charge in [-0.15, -0.1) is 0 Å². The third-order valence-electron chi connectivity index (χ3n) is 5.41. The Morgan fingerprint density at radius 3 is 2.70 bits per heavy atom. The Morgan fingerprint density at radius 2 is 1.93 bits per heavy atom. The Kier molecular flexibility index (Phi) is 6.44. The van der Waals surface area contributed by atoms with Crippen LogP contribution < -0.4 is 10.9 Å². The van der Waals surface area contributed by atoms with E-state index in [9.17, 15) is 9.59 Å². The number of carbonyl (C=O) groups is 1. The third-order valence-corrected chi connectivity index (χ3v) is 6.70. The summed E-state index contributed by atoms with van der Waals surface area (Å²) >= 11 is 7.47. The quantitative estimate of drug-likeness (QED) is 0.448. The molecule has 1 aromatic heterocycles. The highest BCUT2D eigenvalue weighted by molar-refractivity contribution is 8.00. The minimum absolute atomic E-state index is 0.0213. The SMILES string of the molecule is CC(Sc1nc2ccccc2c(=O)n1-c1cccc(Cl)c1)C(=O)NC1CCCCC1. The van der Waals surface area contributed by atoms with E-state index in [1.807, 2.05) is 31.2 Å². The highest BCUT2D eigenvalue weighted by Gasteiger charge is 2.23. The van der Waals surface area contributed by atoms with E-state index < -0.39 is 0 Å². The first kappa shape index (κ1) is 20.9. The molecule has 1 fully saturated rings. The Labute approximate surface area is 184 Å². The summed E-state index contributed by atoms with van der Waals surface area (Å²) in [5, 5.41) is 4.32. The van der Waals surface area contributed by atoms with Crippen molar-refractivity contribution >= 4 is 40.2 Å². The molecule has 156 valence electrons. The number of nitrogens with zero attached hydrogens (tertiary/aromatic N) is 2. The minimum Gasteiger partial charge on any atom is -0.352 e. The molecule has 1 N–H and O–H groups in total. The number of hydrogen-bond acceptors (Lipinski definition) is 4. The maximum absolute atomic E-state index is 13.3. The fourth-order valence-corrected chi connectivity index (χ4v) is 4.93. The van der Waals surface area contributed by atoms with E-state index in [4.69, 9.17) is 16.6 Å². The van der Waals surface area contributed by atoms with E-state index in [2.05, 4.69) is 5.32 Å². The molecule has 7 heteroatoms. The second kappa shape index (κ2) is 9.23. The standard InChI is InChI=1S/C23H24ClN3O2S/c1-15(21(28)25-17-9-3-2-4-10-17)30-23-26-20-13-6-5-12-19(20)22(29)27(23)18-11-7-8-16(24)14-18/h5-8,11-15,17H,2-4,9-10H2,1H3,(H,25,28). The van der Waals surface area contributed by atoms with Gasteiger partial charge in [-0.05, 0) is 50.1 Å². The Balaban J connectivity index is 1.69. The van der Waals surface area contributed by atoms with Crippen molar-refractivity contribution in [1.82, 2.24) is 14.9 Å².